The highest BCUT2D eigenvalue weighted by Crippen LogP contribution is 2.37. The van der Waals surface area contributed by atoms with Gasteiger partial charge >= 0.3 is 0 Å². The van der Waals surface area contributed by atoms with Crippen LogP contribution in [0.2, 0.25) is 5.02 Å². The molecule has 24 heavy (non-hydrogen) atoms. The van der Waals surface area contributed by atoms with Crippen LogP contribution in [0.5, 0.6) is 0 Å². The number of nitrogen functional groups attached to an aromatic ring is 1. The number of hydrogen-bond donors (Lipinski definition) is 1. The average Bonchev–Trinajstić information content (AvgIpc) is 2.98. The number of hydrogen-bond acceptors (Lipinski definition) is 4. The van der Waals surface area contributed by atoms with Crippen LogP contribution < -0.4 is 5.73 Å². The third-order valence-electron chi connectivity index (χ3n) is 4.11. The second-order valence-corrected chi connectivity index (χ2v) is 5.98. The lowest BCUT2D eigenvalue weighted by molar-refractivity contribution is 1.02. The second kappa shape index (κ2) is 5.22. The van der Waals surface area contributed by atoms with Crippen molar-refractivity contribution in [2.45, 2.75) is 6.92 Å². The van der Waals surface area contributed by atoms with Gasteiger partial charge in [0.25, 0.3) is 0 Å². The van der Waals surface area contributed by atoms with E-state index in [0.717, 1.165) is 27.9 Å². The molecule has 0 spiro atoms. The van der Waals surface area contributed by atoms with Gasteiger partial charge in [-0.15, -0.1) is 10.2 Å². The summed E-state index contributed by atoms with van der Waals surface area (Å²) in [5, 5.41) is 18.9. The zero-order valence-corrected chi connectivity index (χ0v) is 13.5. The number of fused-ring (bicyclic) bond motifs is 3. The highest BCUT2D eigenvalue weighted by atomic mass is 35.5. The molecule has 6 heteroatoms. The van der Waals surface area contributed by atoms with Crippen molar-refractivity contribution in [3.8, 4) is 17.2 Å². The summed E-state index contributed by atoms with van der Waals surface area (Å²) in [6.45, 7) is 1.88. The number of anilines is 1. The number of rotatable bonds is 1. The first-order chi connectivity index (χ1) is 11.6. The number of benzene rings is 2. The first kappa shape index (κ1) is 14.5. The molecule has 0 aliphatic carbocycles. The number of aryl methyl sites for hydroxylation is 1. The molecule has 0 saturated carbocycles. The molecule has 0 aliphatic heterocycles. The van der Waals surface area contributed by atoms with Gasteiger partial charge in [-0.3, -0.25) is 4.40 Å². The van der Waals surface area contributed by atoms with Crippen molar-refractivity contribution < 1.29 is 0 Å². The van der Waals surface area contributed by atoms with Gasteiger partial charge in [-0.2, -0.15) is 5.26 Å². The fourth-order valence-corrected chi connectivity index (χ4v) is 3.18. The number of pyridine rings is 1. The Morgan fingerprint density at radius 3 is 2.58 bits per heavy atom. The highest BCUT2D eigenvalue weighted by Gasteiger charge is 2.17. The van der Waals surface area contributed by atoms with Gasteiger partial charge in [0.2, 0.25) is 0 Å². The Balaban J connectivity index is 2.18. The van der Waals surface area contributed by atoms with Crippen LogP contribution in [0.4, 0.5) is 5.69 Å². The van der Waals surface area contributed by atoms with Crippen LogP contribution in [-0.4, -0.2) is 14.6 Å². The Labute approximate surface area is 142 Å². The zero-order valence-electron chi connectivity index (χ0n) is 12.8. The van der Waals surface area contributed by atoms with E-state index in [4.69, 9.17) is 22.6 Å². The van der Waals surface area contributed by atoms with E-state index in [1.54, 1.807) is 12.1 Å². The summed E-state index contributed by atoms with van der Waals surface area (Å²) >= 11 is 6.22. The third kappa shape index (κ3) is 2.01. The van der Waals surface area contributed by atoms with Crippen molar-refractivity contribution in [2.24, 2.45) is 0 Å². The SMILES string of the molecule is Cc1nnc2c(N)c(-c3ccc(C#N)cc3)c3cc(Cl)ccc3n12. The minimum atomic E-state index is 0.537. The van der Waals surface area contributed by atoms with Gasteiger partial charge in [-0.25, -0.2) is 0 Å². The van der Waals surface area contributed by atoms with Gasteiger partial charge in [-0.05, 0) is 42.8 Å². The zero-order chi connectivity index (χ0) is 16.8. The Morgan fingerprint density at radius 1 is 1.12 bits per heavy atom. The normalized spacial score (nSPS) is 11.0. The second-order valence-electron chi connectivity index (χ2n) is 5.55. The van der Waals surface area contributed by atoms with Gasteiger partial charge in [-0.1, -0.05) is 23.7 Å². The highest BCUT2D eigenvalue weighted by molar-refractivity contribution is 6.31. The Bertz CT molecular complexity index is 1140. The summed E-state index contributed by atoms with van der Waals surface area (Å²) in [4.78, 5) is 0. The molecule has 0 amide bonds. The standard InChI is InChI=1S/C18H12ClN5/c1-10-22-23-18-17(21)16(12-4-2-11(9-20)3-5-12)14-8-13(19)6-7-15(14)24(10)18/h2-8H,21H2,1H3. The van der Waals surface area contributed by atoms with E-state index in [1.807, 2.05) is 41.7 Å². The molecule has 4 aromatic rings. The smallest absolute Gasteiger partial charge is 0.185 e. The minimum absolute atomic E-state index is 0.537. The Morgan fingerprint density at radius 2 is 1.88 bits per heavy atom. The monoisotopic (exact) mass is 333 g/mol. The molecular weight excluding hydrogens is 322 g/mol. The molecule has 2 heterocycles. The van der Waals surface area contributed by atoms with Gasteiger partial charge < -0.3 is 5.73 Å². The summed E-state index contributed by atoms with van der Waals surface area (Å²) in [5.41, 5.74) is 10.9. The molecule has 0 bridgehead atoms. The summed E-state index contributed by atoms with van der Waals surface area (Å²) in [6, 6.07) is 15.1. The lowest BCUT2D eigenvalue weighted by Gasteiger charge is -2.14. The summed E-state index contributed by atoms with van der Waals surface area (Å²) in [7, 11) is 0. The quantitative estimate of drug-likeness (QED) is 0.571. The lowest BCUT2D eigenvalue weighted by Crippen LogP contribution is -2.00. The van der Waals surface area contributed by atoms with Crippen molar-refractivity contribution in [3.05, 3.63) is 58.9 Å². The van der Waals surface area contributed by atoms with Crippen molar-refractivity contribution in [1.29, 1.82) is 5.26 Å². The number of nitrogens with zero attached hydrogens (tertiary/aromatic N) is 4. The van der Waals surface area contributed by atoms with E-state index in [9.17, 15) is 0 Å². The predicted molar refractivity (Wildman–Crippen MR) is 94.8 cm³/mol. The third-order valence-corrected chi connectivity index (χ3v) is 4.34. The average molecular weight is 334 g/mol. The van der Waals surface area contributed by atoms with Crippen LogP contribution >= 0.6 is 11.6 Å². The fourth-order valence-electron chi connectivity index (χ4n) is 3.01. The van der Waals surface area contributed by atoms with Crippen LogP contribution in [0.1, 0.15) is 11.4 Å². The predicted octanol–water partition coefficient (Wildman–Crippen LogP) is 3.97. The molecule has 0 aliphatic rings. The van der Waals surface area contributed by atoms with E-state index >= 15 is 0 Å². The van der Waals surface area contributed by atoms with Crippen LogP contribution in [0.15, 0.2) is 42.5 Å². The van der Waals surface area contributed by atoms with E-state index in [1.165, 1.54) is 0 Å². The van der Waals surface area contributed by atoms with E-state index in [-0.39, 0.29) is 0 Å². The molecule has 5 nitrogen and oxygen atoms in total. The van der Waals surface area contributed by atoms with Crippen LogP contribution in [0.25, 0.3) is 27.7 Å². The van der Waals surface area contributed by atoms with Gasteiger partial charge in [0.15, 0.2) is 5.65 Å². The Kier molecular flexibility index (Phi) is 3.15. The molecule has 116 valence electrons. The van der Waals surface area contributed by atoms with Gasteiger partial charge in [0.05, 0.1) is 22.8 Å². The van der Waals surface area contributed by atoms with E-state index < -0.39 is 0 Å². The largest absolute Gasteiger partial charge is 0.395 e. The maximum atomic E-state index is 8.99. The molecule has 2 aromatic heterocycles. The molecule has 2 aromatic carbocycles. The van der Waals surface area contributed by atoms with Crippen molar-refractivity contribution in [2.75, 3.05) is 5.73 Å². The molecule has 4 rings (SSSR count). The van der Waals surface area contributed by atoms with Gasteiger partial charge in [0, 0.05) is 16.0 Å². The number of aromatic nitrogens is 3. The lowest BCUT2D eigenvalue weighted by atomic mass is 9.98. The van der Waals surface area contributed by atoms with E-state index in [0.29, 0.717) is 21.9 Å². The summed E-state index contributed by atoms with van der Waals surface area (Å²) in [5.74, 6) is 0.760. The van der Waals surface area contributed by atoms with Crippen LogP contribution in [0, 0.1) is 18.3 Å². The Hall–Kier alpha value is -3.10. The number of halogens is 1. The van der Waals surface area contributed by atoms with Crippen molar-refractivity contribution in [1.82, 2.24) is 14.6 Å². The van der Waals surface area contributed by atoms with Crippen molar-refractivity contribution in [3.63, 3.8) is 0 Å². The number of nitriles is 1. The molecule has 2 N–H and O–H groups in total. The summed E-state index contributed by atoms with van der Waals surface area (Å²) in [6.07, 6.45) is 0. The van der Waals surface area contributed by atoms with E-state index in [2.05, 4.69) is 16.3 Å². The maximum absolute atomic E-state index is 8.99. The fraction of sp³-hybridized carbons (Fsp3) is 0.0556. The van der Waals surface area contributed by atoms with Crippen molar-refractivity contribution >= 4 is 33.8 Å². The molecular formula is C18H12ClN5. The molecule has 0 fully saturated rings. The van der Waals surface area contributed by atoms with Crippen LogP contribution in [-0.2, 0) is 0 Å². The minimum Gasteiger partial charge on any atom is -0.395 e. The first-order valence-electron chi connectivity index (χ1n) is 7.33. The maximum Gasteiger partial charge on any atom is 0.185 e. The summed E-state index contributed by atoms with van der Waals surface area (Å²) < 4.78 is 1.92. The van der Waals surface area contributed by atoms with Gasteiger partial charge in [0.1, 0.15) is 5.82 Å². The molecule has 0 radical (unpaired) electrons. The first-order valence-corrected chi connectivity index (χ1v) is 7.71. The molecule has 0 unspecified atom stereocenters. The topological polar surface area (TPSA) is 80.0 Å². The number of nitrogens with two attached hydrogens (primary N) is 1. The molecule has 0 atom stereocenters. The molecule has 0 saturated heterocycles. The van der Waals surface area contributed by atoms with Crippen LogP contribution in [0.3, 0.4) is 0 Å².